The van der Waals surface area contributed by atoms with Crippen molar-refractivity contribution in [3.63, 3.8) is 0 Å². The molecule has 0 aliphatic rings. The van der Waals surface area contributed by atoms with Gasteiger partial charge in [-0.3, -0.25) is 4.79 Å². The van der Waals surface area contributed by atoms with Crippen molar-refractivity contribution in [2.75, 3.05) is 11.5 Å². The normalized spacial score (nSPS) is 7.64. The Morgan fingerprint density at radius 2 is 1.27 bits per heavy atom. The molecule has 0 bridgehead atoms. The molecule has 0 saturated heterocycles. The fourth-order valence-corrected chi connectivity index (χ4v) is 0.496. The van der Waals surface area contributed by atoms with Crippen molar-refractivity contribution in [3.05, 3.63) is 24.3 Å². The molecule has 4 nitrogen and oxygen atoms in total. The zero-order valence-electron chi connectivity index (χ0n) is 5.90. The summed E-state index contributed by atoms with van der Waals surface area (Å²) in [4.78, 5) is 8.36. The van der Waals surface area contributed by atoms with Crippen molar-refractivity contribution in [3.8, 4) is 0 Å². The highest BCUT2D eigenvalue weighted by Gasteiger charge is 1.80. The second-order valence-corrected chi connectivity index (χ2v) is 1.77. The van der Waals surface area contributed by atoms with Gasteiger partial charge in [-0.05, 0) is 24.3 Å². The van der Waals surface area contributed by atoms with Gasteiger partial charge < -0.3 is 16.6 Å². The van der Waals surface area contributed by atoms with E-state index in [-0.39, 0.29) is 6.47 Å². The second kappa shape index (κ2) is 5.10. The van der Waals surface area contributed by atoms with Gasteiger partial charge >= 0.3 is 0 Å². The first-order chi connectivity index (χ1) is 5.20. The lowest BCUT2D eigenvalue weighted by atomic mass is 10.3. The highest BCUT2D eigenvalue weighted by molar-refractivity contribution is 5.47. The fourth-order valence-electron chi connectivity index (χ4n) is 0.496. The van der Waals surface area contributed by atoms with Crippen LogP contribution >= 0.6 is 0 Å². The lowest BCUT2D eigenvalue weighted by Gasteiger charge is -1.90. The molecule has 0 aromatic heterocycles. The zero-order chi connectivity index (χ0) is 8.69. The van der Waals surface area contributed by atoms with Gasteiger partial charge in [0.2, 0.25) is 0 Å². The molecular weight excluding hydrogens is 144 g/mol. The van der Waals surface area contributed by atoms with E-state index < -0.39 is 0 Å². The number of carboxylic acid groups (broad SMARTS) is 1. The molecule has 0 atom stereocenters. The van der Waals surface area contributed by atoms with Crippen LogP contribution in [0.4, 0.5) is 11.4 Å². The predicted octanol–water partition coefficient (Wildman–Crippen LogP) is 0.552. The van der Waals surface area contributed by atoms with E-state index in [0.29, 0.717) is 0 Å². The van der Waals surface area contributed by atoms with Crippen LogP contribution in [0.5, 0.6) is 0 Å². The molecule has 0 radical (unpaired) electrons. The van der Waals surface area contributed by atoms with Crippen LogP contribution in [0.3, 0.4) is 0 Å². The number of anilines is 2. The van der Waals surface area contributed by atoms with Gasteiger partial charge in [-0.1, -0.05) is 0 Å². The summed E-state index contributed by atoms with van der Waals surface area (Å²) in [6.45, 7) is -0.250. The third-order valence-corrected chi connectivity index (χ3v) is 0.936. The van der Waals surface area contributed by atoms with Gasteiger partial charge in [0.25, 0.3) is 6.47 Å². The van der Waals surface area contributed by atoms with E-state index in [4.69, 9.17) is 21.4 Å². The van der Waals surface area contributed by atoms with Crippen LogP contribution in [0.25, 0.3) is 0 Å². The highest BCUT2D eigenvalue weighted by Crippen LogP contribution is 2.04. The van der Waals surface area contributed by atoms with Crippen molar-refractivity contribution in [2.45, 2.75) is 0 Å². The van der Waals surface area contributed by atoms with Gasteiger partial charge in [-0.15, -0.1) is 0 Å². The number of hydrogen-bond acceptors (Lipinski definition) is 3. The lowest BCUT2D eigenvalue weighted by molar-refractivity contribution is -0.122. The smallest absolute Gasteiger partial charge is 0.290 e. The number of hydrogen-bond donors (Lipinski definition) is 3. The monoisotopic (exact) mass is 154 g/mol. The molecule has 1 rings (SSSR count). The summed E-state index contributed by atoms with van der Waals surface area (Å²) >= 11 is 0. The van der Waals surface area contributed by atoms with Crippen LogP contribution in [0, 0.1) is 0 Å². The quantitative estimate of drug-likeness (QED) is 0.376. The van der Waals surface area contributed by atoms with E-state index in [1.165, 1.54) is 0 Å². The Balaban J connectivity index is 0.000000292. The number of rotatable bonds is 0. The van der Waals surface area contributed by atoms with Crippen LogP contribution in [-0.4, -0.2) is 11.6 Å². The van der Waals surface area contributed by atoms with Crippen LogP contribution < -0.4 is 11.5 Å². The summed E-state index contributed by atoms with van der Waals surface area (Å²) in [6.07, 6.45) is 0. The molecule has 0 aliphatic carbocycles. The van der Waals surface area contributed by atoms with E-state index in [1.54, 1.807) is 24.3 Å². The first-order valence-electron chi connectivity index (χ1n) is 2.89. The molecule has 60 valence electrons. The van der Waals surface area contributed by atoms with Crippen LogP contribution in [0.1, 0.15) is 0 Å². The minimum Gasteiger partial charge on any atom is -0.483 e. The average Bonchev–Trinajstić information content (AvgIpc) is 1.97. The Bertz CT molecular complexity index is 187. The van der Waals surface area contributed by atoms with Crippen LogP contribution in [-0.2, 0) is 4.79 Å². The van der Waals surface area contributed by atoms with Crippen molar-refractivity contribution in [2.24, 2.45) is 0 Å². The van der Waals surface area contributed by atoms with Gasteiger partial charge in [0.05, 0.1) is 0 Å². The molecule has 1 aromatic carbocycles. The van der Waals surface area contributed by atoms with Crippen molar-refractivity contribution in [1.29, 1.82) is 0 Å². The van der Waals surface area contributed by atoms with Gasteiger partial charge in [-0.2, -0.15) is 0 Å². The Hall–Kier alpha value is -1.71. The van der Waals surface area contributed by atoms with Crippen LogP contribution in [0.2, 0.25) is 0 Å². The third-order valence-electron chi connectivity index (χ3n) is 0.936. The van der Waals surface area contributed by atoms with Gasteiger partial charge in [0, 0.05) is 11.4 Å². The van der Waals surface area contributed by atoms with Gasteiger partial charge in [-0.25, -0.2) is 0 Å². The molecule has 0 amide bonds. The van der Waals surface area contributed by atoms with Crippen LogP contribution in [0.15, 0.2) is 24.3 Å². The largest absolute Gasteiger partial charge is 0.483 e. The maximum Gasteiger partial charge on any atom is 0.290 e. The minimum atomic E-state index is -0.250. The number of benzene rings is 1. The maximum absolute atomic E-state index is 8.36. The SMILES string of the molecule is Nc1ccc(N)cc1.O=CO. The average molecular weight is 154 g/mol. The summed E-state index contributed by atoms with van der Waals surface area (Å²) in [6, 6.07) is 7.09. The molecule has 0 fully saturated rings. The minimum absolute atomic E-state index is 0.250. The number of nitrogens with two attached hydrogens (primary N) is 2. The maximum atomic E-state index is 8.36. The van der Waals surface area contributed by atoms with E-state index >= 15 is 0 Å². The molecule has 0 spiro atoms. The number of carbonyl (C=O) groups is 1. The zero-order valence-corrected chi connectivity index (χ0v) is 5.90. The summed E-state index contributed by atoms with van der Waals surface area (Å²) < 4.78 is 0. The Morgan fingerprint density at radius 3 is 1.45 bits per heavy atom. The molecule has 4 heteroatoms. The first kappa shape index (κ1) is 9.29. The Kier molecular flexibility index (Phi) is 4.31. The molecule has 11 heavy (non-hydrogen) atoms. The summed E-state index contributed by atoms with van der Waals surface area (Å²) in [5.74, 6) is 0. The van der Waals surface area contributed by atoms with E-state index in [0.717, 1.165) is 11.4 Å². The van der Waals surface area contributed by atoms with Crippen molar-refractivity contribution in [1.82, 2.24) is 0 Å². The van der Waals surface area contributed by atoms with E-state index in [9.17, 15) is 0 Å². The topological polar surface area (TPSA) is 89.3 Å². The second-order valence-electron chi connectivity index (χ2n) is 1.77. The molecule has 5 N–H and O–H groups in total. The van der Waals surface area contributed by atoms with Gasteiger partial charge in [0.1, 0.15) is 0 Å². The lowest BCUT2D eigenvalue weighted by Crippen LogP contribution is -1.86. The van der Waals surface area contributed by atoms with Crippen molar-refractivity contribution < 1.29 is 9.90 Å². The predicted molar refractivity (Wildman–Crippen MR) is 44.0 cm³/mol. The van der Waals surface area contributed by atoms with Gasteiger partial charge in [0.15, 0.2) is 0 Å². The first-order valence-corrected chi connectivity index (χ1v) is 2.89. The molecule has 0 unspecified atom stereocenters. The third kappa shape index (κ3) is 4.77. The summed E-state index contributed by atoms with van der Waals surface area (Å²) in [5.41, 5.74) is 12.2. The molecule has 0 aliphatic heterocycles. The van der Waals surface area contributed by atoms with E-state index in [2.05, 4.69) is 0 Å². The summed E-state index contributed by atoms with van der Waals surface area (Å²) in [7, 11) is 0. The molecular formula is C7H10N2O2. The molecule has 1 aromatic rings. The van der Waals surface area contributed by atoms with Crippen molar-refractivity contribution >= 4 is 17.8 Å². The number of nitrogen functional groups attached to an aromatic ring is 2. The molecule has 0 heterocycles. The highest BCUT2D eigenvalue weighted by atomic mass is 16.3. The Labute approximate surface area is 64.4 Å². The molecule has 0 saturated carbocycles. The summed E-state index contributed by atoms with van der Waals surface area (Å²) in [5, 5.41) is 6.89. The standard InChI is InChI=1S/C6H8N2.CH2O2/c7-5-1-2-6(8)4-3-5;2-1-3/h1-4H,7-8H2;1H,(H,2,3). The van der Waals surface area contributed by atoms with E-state index in [1.807, 2.05) is 0 Å². The Morgan fingerprint density at radius 1 is 1.09 bits per heavy atom. The fraction of sp³-hybridized carbons (Fsp3) is 0.